The lowest BCUT2D eigenvalue weighted by Gasteiger charge is -2.28. The highest BCUT2D eigenvalue weighted by molar-refractivity contribution is 4.95. The van der Waals surface area contributed by atoms with Crippen LogP contribution in [0.1, 0.15) is 32.5 Å². The Bertz CT molecular complexity index is 334. The number of nitrogens with zero attached hydrogens (tertiary/aromatic N) is 3. The zero-order valence-corrected chi connectivity index (χ0v) is 11.0. The van der Waals surface area contributed by atoms with Crippen molar-refractivity contribution in [2.45, 2.75) is 45.8 Å². The first-order valence-corrected chi connectivity index (χ1v) is 6.75. The Labute approximate surface area is 104 Å². The maximum Gasteiger partial charge on any atom is 0.122 e. The van der Waals surface area contributed by atoms with Gasteiger partial charge in [-0.05, 0) is 13.3 Å². The molecular formula is C13H24N4. The first-order valence-electron chi connectivity index (χ1n) is 6.75. The van der Waals surface area contributed by atoms with Crippen LogP contribution < -0.4 is 5.32 Å². The topological polar surface area (TPSA) is 33.1 Å². The molecule has 1 aliphatic rings. The summed E-state index contributed by atoms with van der Waals surface area (Å²) >= 11 is 0. The summed E-state index contributed by atoms with van der Waals surface area (Å²) in [6.45, 7) is 9.95. The number of fused-ring (bicyclic) bond motifs is 1. The van der Waals surface area contributed by atoms with Gasteiger partial charge in [-0.15, -0.1) is 0 Å². The molecule has 4 heteroatoms. The fourth-order valence-corrected chi connectivity index (χ4v) is 2.42. The summed E-state index contributed by atoms with van der Waals surface area (Å²) in [5, 5.41) is 3.58. The van der Waals surface area contributed by atoms with Crippen molar-refractivity contribution in [2.75, 3.05) is 19.6 Å². The van der Waals surface area contributed by atoms with Crippen LogP contribution in [0.25, 0.3) is 0 Å². The first-order chi connectivity index (χ1) is 8.29. The van der Waals surface area contributed by atoms with E-state index in [1.807, 2.05) is 6.20 Å². The van der Waals surface area contributed by atoms with E-state index in [2.05, 4.69) is 39.8 Å². The summed E-state index contributed by atoms with van der Waals surface area (Å²) in [4.78, 5) is 6.86. The van der Waals surface area contributed by atoms with Gasteiger partial charge in [0.15, 0.2) is 0 Å². The van der Waals surface area contributed by atoms with Crippen molar-refractivity contribution in [3.05, 3.63) is 18.2 Å². The van der Waals surface area contributed by atoms with E-state index in [-0.39, 0.29) is 0 Å². The van der Waals surface area contributed by atoms with Gasteiger partial charge in [0.1, 0.15) is 5.82 Å². The average Bonchev–Trinajstić information content (AvgIpc) is 2.76. The predicted octanol–water partition coefficient (Wildman–Crippen LogP) is 1.48. The molecule has 1 aromatic heterocycles. The highest BCUT2D eigenvalue weighted by atomic mass is 15.2. The second kappa shape index (κ2) is 6.17. The van der Waals surface area contributed by atoms with Gasteiger partial charge in [0.05, 0.1) is 6.54 Å². The molecule has 1 atom stereocenters. The molecule has 0 saturated carbocycles. The molecule has 0 bridgehead atoms. The van der Waals surface area contributed by atoms with E-state index in [1.165, 1.54) is 18.7 Å². The van der Waals surface area contributed by atoms with Gasteiger partial charge in [0.2, 0.25) is 0 Å². The van der Waals surface area contributed by atoms with Gasteiger partial charge in [-0.2, -0.15) is 0 Å². The summed E-state index contributed by atoms with van der Waals surface area (Å²) in [5.41, 5.74) is 0. The molecule has 0 aromatic carbocycles. The minimum atomic E-state index is 0.645. The van der Waals surface area contributed by atoms with E-state index in [9.17, 15) is 0 Å². The zero-order chi connectivity index (χ0) is 12.1. The minimum Gasteiger partial charge on any atom is -0.333 e. The Hall–Kier alpha value is -0.870. The maximum atomic E-state index is 4.38. The predicted molar refractivity (Wildman–Crippen MR) is 69.9 cm³/mol. The van der Waals surface area contributed by atoms with Crippen molar-refractivity contribution >= 4 is 0 Å². The molecule has 0 spiro atoms. The summed E-state index contributed by atoms with van der Waals surface area (Å²) in [5.74, 6) is 1.21. The molecule has 0 radical (unpaired) electrons. The molecule has 1 N–H and O–H groups in total. The van der Waals surface area contributed by atoms with Gasteiger partial charge < -0.3 is 9.88 Å². The van der Waals surface area contributed by atoms with Crippen LogP contribution in [-0.4, -0.2) is 40.1 Å². The molecule has 0 fully saturated rings. The minimum absolute atomic E-state index is 0.645. The van der Waals surface area contributed by atoms with Crippen molar-refractivity contribution in [3.8, 4) is 0 Å². The molecule has 4 nitrogen and oxygen atoms in total. The second-order valence-corrected chi connectivity index (χ2v) is 4.96. The third-order valence-electron chi connectivity index (χ3n) is 3.47. The van der Waals surface area contributed by atoms with Crippen LogP contribution in [0.2, 0.25) is 0 Å². The zero-order valence-electron chi connectivity index (χ0n) is 11.0. The van der Waals surface area contributed by atoms with Crippen LogP contribution in [0, 0.1) is 0 Å². The van der Waals surface area contributed by atoms with Crippen molar-refractivity contribution < 1.29 is 0 Å². The smallest absolute Gasteiger partial charge is 0.122 e. The number of rotatable bonds is 6. The van der Waals surface area contributed by atoms with Gasteiger partial charge in [-0.3, -0.25) is 4.90 Å². The van der Waals surface area contributed by atoms with E-state index in [4.69, 9.17) is 0 Å². The SMILES string of the molecule is CCCC(C)NCCN1CCn2ccnc2C1. The van der Waals surface area contributed by atoms with Gasteiger partial charge in [-0.25, -0.2) is 4.98 Å². The molecule has 17 heavy (non-hydrogen) atoms. The van der Waals surface area contributed by atoms with E-state index in [0.717, 1.165) is 32.7 Å². The quantitative estimate of drug-likeness (QED) is 0.812. The Kier molecular flexibility index (Phi) is 4.57. The number of hydrogen-bond acceptors (Lipinski definition) is 3. The van der Waals surface area contributed by atoms with Crippen LogP contribution in [0.4, 0.5) is 0 Å². The number of imidazole rings is 1. The summed E-state index contributed by atoms with van der Waals surface area (Å²) in [6.07, 6.45) is 6.51. The Morgan fingerprint density at radius 3 is 3.18 bits per heavy atom. The van der Waals surface area contributed by atoms with Gasteiger partial charge in [0.25, 0.3) is 0 Å². The van der Waals surface area contributed by atoms with Gasteiger partial charge >= 0.3 is 0 Å². The second-order valence-electron chi connectivity index (χ2n) is 4.96. The maximum absolute atomic E-state index is 4.38. The molecule has 1 aliphatic heterocycles. The van der Waals surface area contributed by atoms with E-state index in [1.54, 1.807) is 0 Å². The third-order valence-corrected chi connectivity index (χ3v) is 3.47. The standard InChI is InChI=1S/C13H24N4/c1-3-4-12(2)14-5-7-16-9-10-17-8-6-15-13(17)11-16/h6,8,12,14H,3-5,7,9-11H2,1-2H3. The lowest BCUT2D eigenvalue weighted by atomic mass is 10.2. The van der Waals surface area contributed by atoms with E-state index < -0.39 is 0 Å². The first kappa shape index (κ1) is 12.6. The van der Waals surface area contributed by atoms with Gasteiger partial charge in [0, 0.05) is 44.6 Å². The number of aromatic nitrogens is 2. The molecule has 96 valence electrons. The monoisotopic (exact) mass is 236 g/mol. The fraction of sp³-hybridized carbons (Fsp3) is 0.769. The van der Waals surface area contributed by atoms with Gasteiger partial charge in [-0.1, -0.05) is 13.3 Å². The lowest BCUT2D eigenvalue weighted by Crippen LogP contribution is -2.39. The van der Waals surface area contributed by atoms with Crippen LogP contribution in [-0.2, 0) is 13.1 Å². The molecule has 0 saturated heterocycles. The number of nitrogens with one attached hydrogen (secondary N) is 1. The van der Waals surface area contributed by atoms with E-state index in [0.29, 0.717) is 6.04 Å². The van der Waals surface area contributed by atoms with Crippen LogP contribution in [0.5, 0.6) is 0 Å². The summed E-state index contributed by atoms with van der Waals surface area (Å²) in [6, 6.07) is 0.645. The third kappa shape index (κ3) is 3.54. The Morgan fingerprint density at radius 2 is 2.35 bits per heavy atom. The number of hydrogen-bond donors (Lipinski definition) is 1. The Morgan fingerprint density at radius 1 is 1.47 bits per heavy atom. The lowest BCUT2D eigenvalue weighted by molar-refractivity contribution is 0.215. The highest BCUT2D eigenvalue weighted by Gasteiger charge is 2.15. The van der Waals surface area contributed by atoms with Crippen LogP contribution >= 0.6 is 0 Å². The molecule has 2 heterocycles. The largest absolute Gasteiger partial charge is 0.333 e. The average molecular weight is 236 g/mol. The molecular weight excluding hydrogens is 212 g/mol. The highest BCUT2D eigenvalue weighted by Crippen LogP contribution is 2.09. The molecule has 1 aromatic rings. The van der Waals surface area contributed by atoms with Crippen LogP contribution in [0.3, 0.4) is 0 Å². The van der Waals surface area contributed by atoms with Crippen molar-refractivity contribution in [3.63, 3.8) is 0 Å². The molecule has 1 unspecified atom stereocenters. The molecule has 0 amide bonds. The van der Waals surface area contributed by atoms with Crippen LogP contribution in [0.15, 0.2) is 12.4 Å². The Balaban J connectivity index is 1.68. The van der Waals surface area contributed by atoms with E-state index >= 15 is 0 Å². The van der Waals surface area contributed by atoms with Crippen molar-refractivity contribution in [1.29, 1.82) is 0 Å². The summed E-state index contributed by atoms with van der Waals surface area (Å²) in [7, 11) is 0. The van der Waals surface area contributed by atoms with Crippen molar-refractivity contribution in [1.82, 2.24) is 19.8 Å². The molecule has 0 aliphatic carbocycles. The van der Waals surface area contributed by atoms with Crippen molar-refractivity contribution in [2.24, 2.45) is 0 Å². The normalized spacial score (nSPS) is 18.0. The molecule has 2 rings (SSSR count). The fourth-order valence-electron chi connectivity index (χ4n) is 2.42. The summed E-state index contributed by atoms with van der Waals surface area (Å²) < 4.78 is 2.25.